The molecule has 3 rings (SSSR count). The summed E-state index contributed by atoms with van der Waals surface area (Å²) >= 11 is 0. The minimum atomic E-state index is -2.84. The van der Waals surface area contributed by atoms with E-state index in [1.807, 2.05) is 6.20 Å². The van der Waals surface area contributed by atoms with Crippen LogP contribution < -0.4 is 15.4 Å². The molecule has 3 heterocycles. The van der Waals surface area contributed by atoms with E-state index in [0.717, 1.165) is 32.1 Å². The molecule has 0 bridgehead atoms. The Labute approximate surface area is 139 Å². The van der Waals surface area contributed by atoms with Crippen molar-refractivity contribution >= 4 is 11.5 Å². The van der Waals surface area contributed by atoms with E-state index in [9.17, 15) is 8.78 Å². The number of hydrogen-bond acceptors (Lipinski definition) is 6. The summed E-state index contributed by atoms with van der Waals surface area (Å²) in [7, 11) is 0. The number of anilines is 2. The molecule has 1 fully saturated rings. The Hall–Kier alpha value is -2.48. The summed E-state index contributed by atoms with van der Waals surface area (Å²) in [6, 6.07) is 6.88. The molecule has 8 heteroatoms. The molecular formula is C16H20F2N4O2. The SMILES string of the molecule is Cc1ccc(N2CCOCC2)nc1.Nc1ccc(OC(F)F)nc1. The Morgan fingerprint density at radius 2 is 1.88 bits per heavy atom. The molecule has 0 spiro atoms. The fourth-order valence-electron chi connectivity index (χ4n) is 1.99. The van der Waals surface area contributed by atoms with Gasteiger partial charge in [-0.1, -0.05) is 6.07 Å². The van der Waals surface area contributed by atoms with Crippen LogP contribution in [0.4, 0.5) is 20.3 Å². The van der Waals surface area contributed by atoms with Crippen LogP contribution >= 0.6 is 0 Å². The highest BCUT2D eigenvalue weighted by Gasteiger charge is 2.11. The van der Waals surface area contributed by atoms with Crippen LogP contribution in [0.1, 0.15) is 5.56 Å². The Bertz CT molecular complexity index is 602. The van der Waals surface area contributed by atoms with Gasteiger partial charge in [-0.05, 0) is 24.6 Å². The van der Waals surface area contributed by atoms with Crippen LogP contribution in [0.2, 0.25) is 0 Å². The van der Waals surface area contributed by atoms with Crippen molar-refractivity contribution in [2.75, 3.05) is 36.9 Å². The van der Waals surface area contributed by atoms with E-state index in [2.05, 4.69) is 38.7 Å². The summed E-state index contributed by atoms with van der Waals surface area (Å²) in [5, 5.41) is 0. The van der Waals surface area contributed by atoms with Gasteiger partial charge in [0, 0.05) is 25.4 Å². The lowest BCUT2D eigenvalue weighted by atomic mass is 10.3. The first-order chi connectivity index (χ1) is 11.5. The van der Waals surface area contributed by atoms with Gasteiger partial charge in [0.15, 0.2) is 0 Å². The zero-order valence-electron chi connectivity index (χ0n) is 13.4. The van der Waals surface area contributed by atoms with Gasteiger partial charge in [-0.3, -0.25) is 0 Å². The highest BCUT2D eigenvalue weighted by molar-refractivity contribution is 5.39. The zero-order chi connectivity index (χ0) is 17.4. The number of nitrogens with zero attached hydrogens (tertiary/aromatic N) is 3. The van der Waals surface area contributed by atoms with Crippen molar-refractivity contribution in [1.82, 2.24) is 9.97 Å². The van der Waals surface area contributed by atoms with E-state index in [1.54, 1.807) is 0 Å². The van der Waals surface area contributed by atoms with Crippen LogP contribution in [0.25, 0.3) is 0 Å². The van der Waals surface area contributed by atoms with Crippen LogP contribution in [0, 0.1) is 6.92 Å². The highest BCUT2D eigenvalue weighted by Crippen LogP contribution is 2.12. The van der Waals surface area contributed by atoms with Gasteiger partial charge >= 0.3 is 6.61 Å². The van der Waals surface area contributed by atoms with Crippen LogP contribution in [0.15, 0.2) is 36.7 Å². The van der Waals surface area contributed by atoms with Crippen molar-refractivity contribution in [3.05, 3.63) is 42.2 Å². The lowest BCUT2D eigenvalue weighted by Gasteiger charge is -2.27. The second kappa shape index (κ2) is 8.97. The second-order valence-electron chi connectivity index (χ2n) is 5.10. The van der Waals surface area contributed by atoms with Gasteiger partial charge in [-0.15, -0.1) is 0 Å². The topological polar surface area (TPSA) is 73.5 Å². The number of nitrogen functional groups attached to an aromatic ring is 1. The fraction of sp³-hybridized carbons (Fsp3) is 0.375. The summed E-state index contributed by atoms with van der Waals surface area (Å²) in [5.74, 6) is 0.933. The number of aryl methyl sites for hydroxylation is 1. The molecule has 1 saturated heterocycles. The normalized spacial score (nSPS) is 14.1. The fourth-order valence-corrected chi connectivity index (χ4v) is 1.99. The maximum Gasteiger partial charge on any atom is 0.388 e. The molecule has 0 saturated carbocycles. The quantitative estimate of drug-likeness (QED) is 0.927. The number of morpholine rings is 1. The zero-order valence-corrected chi connectivity index (χ0v) is 13.4. The number of ether oxygens (including phenoxy) is 2. The molecule has 0 radical (unpaired) electrons. The number of hydrogen-bond donors (Lipinski definition) is 1. The average Bonchev–Trinajstić information content (AvgIpc) is 2.59. The summed E-state index contributed by atoms with van der Waals surface area (Å²) in [6.45, 7) is 2.75. The van der Waals surface area contributed by atoms with Crippen molar-refractivity contribution in [3.8, 4) is 5.88 Å². The molecule has 0 atom stereocenters. The second-order valence-corrected chi connectivity index (χ2v) is 5.10. The molecule has 0 amide bonds. The first-order valence-electron chi connectivity index (χ1n) is 7.46. The number of alkyl halides is 2. The van der Waals surface area contributed by atoms with E-state index >= 15 is 0 Å². The molecule has 1 aliphatic heterocycles. The molecular weight excluding hydrogens is 318 g/mol. The highest BCUT2D eigenvalue weighted by atomic mass is 19.3. The Balaban J connectivity index is 0.000000177. The predicted octanol–water partition coefficient (Wildman–Crippen LogP) is 2.49. The Morgan fingerprint density at radius 3 is 2.42 bits per heavy atom. The molecule has 0 aliphatic carbocycles. The predicted molar refractivity (Wildman–Crippen MR) is 87.3 cm³/mol. The minimum absolute atomic E-state index is 0.130. The van der Waals surface area contributed by atoms with Crippen molar-refractivity contribution in [1.29, 1.82) is 0 Å². The molecule has 6 nitrogen and oxygen atoms in total. The van der Waals surface area contributed by atoms with Gasteiger partial charge < -0.3 is 20.1 Å². The summed E-state index contributed by atoms with van der Waals surface area (Å²) in [4.78, 5) is 10.1. The third-order valence-electron chi connectivity index (χ3n) is 3.20. The van der Waals surface area contributed by atoms with Crippen molar-refractivity contribution < 1.29 is 18.3 Å². The molecule has 0 aromatic carbocycles. The minimum Gasteiger partial charge on any atom is -0.417 e. The number of aromatic nitrogens is 2. The third-order valence-corrected chi connectivity index (χ3v) is 3.20. The monoisotopic (exact) mass is 338 g/mol. The molecule has 2 aromatic rings. The van der Waals surface area contributed by atoms with Gasteiger partial charge in [-0.25, -0.2) is 9.97 Å². The summed E-state index contributed by atoms with van der Waals surface area (Å²) < 4.78 is 32.3. The Morgan fingerprint density at radius 1 is 1.12 bits per heavy atom. The van der Waals surface area contributed by atoms with Gasteiger partial charge in [0.25, 0.3) is 0 Å². The van der Waals surface area contributed by atoms with E-state index in [4.69, 9.17) is 10.5 Å². The van der Waals surface area contributed by atoms with E-state index < -0.39 is 6.61 Å². The van der Waals surface area contributed by atoms with Gasteiger partial charge in [0.1, 0.15) is 5.82 Å². The van der Waals surface area contributed by atoms with Crippen LogP contribution in [-0.4, -0.2) is 42.9 Å². The molecule has 0 unspecified atom stereocenters. The summed E-state index contributed by atoms with van der Waals surface area (Å²) in [6.07, 6.45) is 3.16. The molecule has 2 N–H and O–H groups in total. The van der Waals surface area contributed by atoms with Crippen LogP contribution in [-0.2, 0) is 4.74 Å². The summed E-state index contributed by atoms with van der Waals surface area (Å²) in [5.41, 5.74) is 6.87. The smallest absolute Gasteiger partial charge is 0.388 e. The lowest BCUT2D eigenvalue weighted by Crippen LogP contribution is -2.36. The van der Waals surface area contributed by atoms with Crippen LogP contribution in [0.5, 0.6) is 5.88 Å². The molecule has 130 valence electrons. The number of nitrogens with two attached hydrogens (primary N) is 1. The maximum absolute atomic E-state index is 11.5. The molecule has 2 aromatic heterocycles. The first-order valence-corrected chi connectivity index (χ1v) is 7.46. The van der Waals surface area contributed by atoms with Crippen LogP contribution in [0.3, 0.4) is 0 Å². The van der Waals surface area contributed by atoms with E-state index in [0.29, 0.717) is 5.69 Å². The Kier molecular flexibility index (Phi) is 6.68. The average molecular weight is 338 g/mol. The van der Waals surface area contributed by atoms with Crippen molar-refractivity contribution in [3.63, 3.8) is 0 Å². The van der Waals surface area contributed by atoms with Crippen molar-refractivity contribution in [2.24, 2.45) is 0 Å². The lowest BCUT2D eigenvalue weighted by molar-refractivity contribution is -0.0528. The number of pyridine rings is 2. The van der Waals surface area contributed by atoms with Gasteiger partial charge in [-0.2, -0.15) is 8.78 Å². The largest absolute Gasteiger partial charge is 0.417 e. The third kappa shape index (κ3) is 5.96. The molecule has 24 heavy (non-hydrogen) atoms. The number of halogens is 2. The maximum atomic E-state index is 11.5. The first kappa shape index (κ1) is 17.9. The van der Waals surface area contributed by atoms with Gasteiger partial charge in [0.05, 0.1) is 25.1 Å². The molecule has 1 aliphatic rings. The van der Waals surface area contributed by atoms with E-state index in [1.165, 1.54) is 23.9 Å². The van der Waals surface area contributed by atoms with Gasteiger partial charge in [0.2, 0.25) is 5.88 Å². The van der Waals surface area contributed by atoms with E-state index in [-0.39, 0.29) is 5.88 Å². The van der Waals surface area contributed by atoms with Crippen molar-refractivity contribution in [2.45, 2.75) is 13.5 Å². The standard InChI is InChI=1S/C10H14N2O.C6H6F2N2O/c1-9-2-3-10(11-8-9)12-4-6-13-7-5-12;7-6(8)11-5-2-1-4(9)3-10-5/h2-3,8H,4-7H2,1H3;1-3,6H,9H2. The number of rotatable bonds is 3.